The minimum atomic E-state index is -0.0751. The number of aromatic nitrogens is 1. The Balaban J connectivity index is 1.53. The van der Waals surface area contributed by atoms with Gasteiger partial charge in [0.1, 0.15) is 18.1 Å². The second-order valence-corrected chi connectivity index (χ2v) is 7.07. The molecule has 0 saturated heterocycles. The van der Waals surface area contributed by atoms with Crippen molar-refractivity contribution in [2.45, 2.75) is 13.3 Å². The fourth-order valence-corrected chi connectivity index (χ4v) is 3.37. The zero-order valence-electron chi connectivity index (χ0n) is 15.0. The number of likely N-dealkylation sites (N-methyl/N-ethyl adjacent to an activating group) is 1. The molecule has 0 aliphatic carbocycles. The minimum Gasteiger partial charge on any atom is -0.491 e. The predicted octanol–water partition coefficient (Wildman–Crippen LogP) is 4.19. The van der Waals surface area contributed by atoms with Crippen molar-refractivity contribution >= 4 is 17.2 Å². The third kappa shape index (κ3) is 4.70. The molecule has 0 spiro atoms. The second-order valence-electron chi connectivity index (χ2n) is 6.13. The number of para-hydroxylation sites is 1. The predicted molar refractivity (Wildman–Crippen MR) is 105 cm³/mol. The van der Waals surface area contributed by atoms with Crippen LogP contribution in [0.2, 0.25) is 0 Å². The van der Waals surface area contributed by atoms with Crippen molar-refractivity contribution in [3.05, 3.63) is 81.8 Å². The van der Waals surface area contributed by atoms with Crippen molar-refractivity contribution < 1.29 is 9.53 Å². The molecule has 0 unspecified atom stereocenters. The molecule has 0 bridgehead atoms. The van der Waals surface area contributed by atoms with E-state index in [1.54, 1.807) is 11.9 Å². The standard InChI is InChI=1S/C21H22N2O2S/c1-16-8-6-7-11-19(16)25-13-12-23(2)21(24)18-15-26-20(22-18)14-17-9-4-3-5-10-17/h3-11,15H,12-14H2,1-2H3. The summed E-state index contributed by atoms with van der Waals surface area (Å²) in [5, 5.41) is 2.78. The lowest BCUT2D eigenvalue weighted by atomic mass is 10.2. The van der Waals surface area contributed by atoms with E-state index in [0.29, 0.717) is 18.8 Å². The van der Waals surface area contributed by atoms with Crippen LogP contribution in [0.25, 0.3) is 0 Å². The van der Waals surface area contributed by atoms with Crippen molar-refractivity contribution in [3.63, 3.8) is 0 Å². The van der Waals surface area contributed by atoms with E-state index in [0.717, 1.165) is 22.7 Å². The first kappa shape index (κ1) is 18.1. The molecular weight excluding hydrogens is 344 g/mol. The molecule has 0 saturated carbocycles. The van der Waals surface area contributed by atoms with Gasteiger partial charge in [-0.25, -0.2) is 4.98 Å². The van der Waals surface area contributed by atoms with E-state index in [1.165, 1.54) is 16.9 Å². The number of benzene rings is 2. The Morgan fingerprint density at radius 1 is 1.12 bits per heavy atom. The molecule has 1 amide bonds. The van der Waals surface area contributed by atoms with Crippen LogP contribution in [0.15, 0.2) is 60.0 Å². The first-order valence-electron chi connectivity index (χ1n) is 8.55. The molecule has 134 valence electrons. The molecule has 2 aromatic carbocycles. The summed E-state index contributed by atoms with van der Waals surface area (Å²) in [6, 6.07) is 18.0. The van der Waals surface area contributed by atoms with E-state index in [1.807, 2.05) is 54.8 Å². The molecule has 0 aliphatic heterocycles. The van der Waals surface area contributed by atoms with Gasteiger partial charge in [0.05, 0.1) is 11.6 Å². The van der Waals surface area contributed by atoms with Crippen LogP contribution in [0.1, 0.15) is 26.6 Å². The first-order valence-corrected chi connectivity index (χ1v) is 9.43. The van der Waals surface area contributed by atoms with Crippen LogP contribution in [-0.4, -0.2) is 36.0 Å². The Morgan fingerprint density at radius 3 is 2.62 bits per heavy atom. The molecule has 0 N–H and O–H groups in total. The van der Waals surface area contributed by atoms with E-state index in [4.69, 9.17) is 4.74 Å². The highest BCUT2D eigenvalue weighted by molar-refractivity contribution is 7.09. The average molecular weight is 366 g/mol. The number of nitrogens with zero attached hydrogens (tertiary/aromatic N) is 2. The number of hydrogen-bond acceptors (Lipinski definition) is 4. The summed E-state index contributed by atoms with van der Waals surface area (Å²) in [6.45, 7) is 2.97. The van der Waals surface area contributed by atoms with Gasteiger partial charge in [-0.15, -0.1) is 11.3 Å². The van der Waals surface area contributed by atoms with Crippen LogP contribution in [-0.2, 0) is 6.42 Å². The number of carbonyl (C=O) groups is 1. The average Bonchev–Trinajstić information content (AvgIpc) is 3.12. The van der Waals surface area contributed by atoms with Gasteiger partial charge in [-0.05, 0) is 24.1 Å². The van der Waals surface area contributed by atoms with E-state index in [-0.39, 0.29) is 5.91 Å². The maximum Gasteiger partial charge on any atom is 0.273 e. The third-order valence-corrected chi connectivity index (χ3v) is 4.94. The van der Waals surface area contributed by atoms with E-state index in [9.17, 15) is 4.79 Å². The van der Waals surface area contributed by atoms with Crippen LogP contribution >= 0.6 is 11.3 Å². The van der Waals surface area contributed by atoms with E-state index >= 15 is 0 Å². The molecule has 1 heterocycles. The van der Waals surface area contributed by atoms with Gasteiger partial charge in [-0.2, -0.15) is 0 Å². The summed E-state index contributed by atoms with van der Waals surface area (Å²) in [4.78, 5) is 18.7. The van der Waals surface area contributed by atoms with Crippen molar-refractivity contribution in [1.82, 2.24) is 9.88 Å². The number of hydrogen-bond donors (Lipinski definition) is 0. The topological polar surface area (TPSA) is 42.4 Å². The Morgan fingerprint density at radius 2 is 1.85 bits per heavy atom. The second kappa shape index (κ2) is 8.63. The Bertz CT molecular complexity index is 861. The van der Waals surface area contributed by atoms with Gasteiger partial charge in [0, 0.05) is 18.8 Å². The normalized spacial score (nSPS) is 10.5. The van der Waals surface area contributed by atoms with Gasteiger partial charge in [0.2, 0.25) is 0 Å². The molecule has 5 heteroatoms. The molecular formula is C21H22N2O2S. The fourth-order valence-electron chi connectivity index (χ4n) is 2.57. The van der Waals surface area contributed by atoms with Gasteiger partial charge >= 0.3 is 0 Å². The SMILES string of the molecule is Cc1ccccc1OCCN(C)C(=O)c1csc(Cc2ccccc2)n1. The number of carbonyl (C=O) groups excluding carboxylic acids is 1. The molecule has 26 heavy (non-hydrogen) atoms. The number of aryl methyl sites for hydroxylation is 1. The molecule has 3 rings (SSSR count). The summed E-state index contributed by atoms with van der Waals surface area (Å²) in [6.07, 6.45) is 0.749. The third-order valence-electron chi connectivity index (χ3n) is 4.09. The number of rotatable bonds is 7. The van der Waals surface area contributed by atoms with Gasteiger partial charge in [-0.1, -0.05) is 48.5 Å². The first-order chi connectivity index (χ1) is 12.6. The Labute approximate surface area is 158 Å². The minimum absolute atomic E-state index is 0.0751. The van der Waals surface area contributed by atoms with Crippen molar-refractivity contribution in [3.8, 4) is 5.75 Å². The summed E-state index contributed by atoms with van der Waals surface area (Å²) < 4.78 is 5.77. The Kier molecular flexibility index (Phi) is 6.02. The highest BCUT2D eigenvalue weighted by atomic mass is 32.1. The fraction of sp³-hybridized carbons (Fsp3) is 0.238. The molecule has 0 fully saturated rings. The summed E-state index contributed by atoms with van der Waals surface area (Å²) in [7, 11) is 1.78. The molecule has 0 aliphatic rings. The maximum absolute atomic E-state index is 12.5. The Hall–Kier alpha value is -2.66. The van der Waals surface area contributed by atoms with Gasteiger partial charge in [0.25, 0.3) is 5.91 Å². The molecule has 0 radical (unpaired) electrons. The van der Waals surface area contributed by atoms with E-state index < -0.39 is 0 Å². The van der Waals surface area contributed by atoms with Gasteiger partial charge in [0.15, 0.2) is 0 Å². The van der Waals surface area contributed by atoms with Crippen molar-refractivity contribution in [1.29, 1.82) is 0 Å². The van der Waals surface area contributed by atoms with Gasteiger partial charge in [-0.3, -0.25) is 4.79 Å². The summed E-state index contributed by atoms with van der Waals surface area (Å²) in [5.41, 5.74) is 2.78. The number of thiazole rings is 1. The smallest absolute Gasteiger partial charge is 0.273 e. The van der Waals surface area contributed by atoms with Gasteiger partial charge < -0.3 is 9.64 Å². The molecule has 0 atom stereocenters. The number of amides is 1. The van der Waals surface area contributed by atoms with Crippen molar-refractivity contribution in [2.24, 2.45) is 0 Å². The van der Waals surface area contributed by atoms with Crippen LogP contribution in [0, 0.1) is 6.92 Å². The molecule has 4 nitrogen and oxygen atoms in total. The van der Waals surface area contributed by atoms with Crippen molar-refractivity contribution in [2.75, 3.05) is 20.2 Å². The molecule has 1 aromatic heterocycles. The highest BCUT2D eigenvalue weighted by Crippen LogP contribution is 2.17. The lowest BCUT2D eigenvalue weighted by Crippen LogP contribution is -2.31. The lowest BCUT2D eigenvalue weighted by Gasteiger charge is -2.17. The van der Waals surface area contributed by atoms with Crippen LogP contribution in [0.4, 0.5) is 0 Å². The maximum atomic E-state index is 12.5. The van der Waals surface area contributed by atoms with E-state index in [2.05, 4.69) is 17.1 Å². The zero-order chi connectivity index (χ0) is 18.4. The summed E-state index contributed by atoms with van der Waals surface area (Å²) >= 11 is 1.52. The van der Waals surface area contributed by atoms with Crippen LogP contribution in [0.3, 0.4) is 0 Å². The molecule has 3 aromatic rings. The lowest BCUT2D eigenvalue weighted by molar-refractivity contribution is 0.0768. The largest absolute Gasteiger partial charge is 0.491 e. The van der Waals surface area contributed by atoms with Crippen LogP contribution in [0.5, 0.6) is 5.75 Å². The number of ether oxygens (including phenoxy) is 1. The van der Waals surface area contributed by atoms with Crippen LogP contribution < -0.4 is 4.74 Å². The quantitative estimate of drug-likeness (QED) is 0.629. The summed E-state index contributed by atoms with van der Waals surface area (Å²) in [5.74, 6) is 0.779. The monoisotopic (exact) mass is 366 g/mol. The highest BCUT2D eigenvalue weighted by Gasteiger charge is 2.15. The zero-order valence-corrected chi connectivity index (χ0v) is 15.8.